The van der Waals surface area contributed by atoms with Crippen molar-refractivity contribution in [2.75, 3.05) is 55.5 Å². The van der Waals surface area contributed by atoms with E-state index in [4.69, 9.17) is 28.7 Å². The summed E-state index contributed by atoms with van der Waals surface area (Å²) < 4.78 is 0. The van der Waals surface area contributed by atoms with E-state index < -0.39 is 175 Å². The second kappa shape index (κ2) is 43.7. The van der Waals surface area contributed by atoms with Crippen LogP contribution in [0.4, 0.5) is 0 Å². The molecule has 1 rings (SSSR count). The Morgan fingerprint density at radius 2 is 0.902 bits per heavy atom. The first-order valence-corrected chi connectivity index (χ1v) is 33.1. The van der Waals surface area contributed by atoms with Gasteiger partial charge in [0.2, 0.25) is 65.0 Å². The summed E-state index contributed by atoms with van der Waals surface area (Å²) in [6.07, 6.45) is 1.20. The number of rotatable bonds is 44. The summed E-state index contributed by atoms with van der Waals surface area (Å²) in [5.74, 6) is -14.0. The standard InChI is InChI=1S/C54H96N18O16S4/c1-26(2)20-34(68-47(82)35(21-27(3)4)67-43(78)30(10-7-16-60-53(56)57)63-41(76)28(5)62-50(85)39-12-9-18-72(39)51(86)29(55)23-89)46(81)65-32(13-14-40(74)75)44(79)70-37(24-90)49(84)69-36(22-73)48(83)64-31(11-8-17-61-54(58)59)42(77)66-33(15-19-92-6)45(80)71-38(25-91)52(87)88/h26-39,73,89-91H,7-25,55H2,1-6H3,(H,62,85)(H,63,76)(H,64,83)(H,65,81)(H,66,77)(H,67,78)(H,68,82)(H,69,84)(H,70,79)(H,71,80)(H,74,75)(H,87,88)(H4,56,57,60)(H4,58,59,61)/t28-,29-,30-,31-,32-,33-,34-,35-,36-,37-,38-,39-/m0/s1. The predicted octanol–water partition coefficient (Wildman–Crippen LogP) is -6.14. The summed E-state index contributed by atoms with van der Waals surface area (Å²) in [5.41, 5.74) is 27.8. The highest BCUT2D eigenvalue weighted by molar-refractivity contribution is 7.98. The number of thiol groups is 3. The van der Waals surface area contributed by atoms with Gasteiger partial charge in [-0.05, 0) is 95.0 Å². The lowest BCUT2D eigenvalue weighted by Gasteiger charge is -2.29. The van der Waals surface area contributed by atoms with Gasteiger partial charge < -0.3 is 102 Å². The first-order valence-electron chi connectivity index (χ1n) is 29.8. The predicted molar refractivity (Wildman–Crippen MR) is 353 cm³/mol. The van der Waals surface area contributed by atoms with Gasteiger partial charge in [0.15, 0.2) is 11.9 Å². The van der Waals surface area contributed by atoms with Crippen LogP contribution in [0.25, 0.3) is 0 Å². The van der Waals surface area contributed by atoms with E-state index in [2.05, 4.69) is 101 Å². The zero-order valence-corrected chi connectivity index (χ0v) is 56.1. The van der Waals surface area contributed by atoms with Crippen LogP contribution >= 0.6 is 49.6 Å². The first-order chi connectivity index (χ1) is 43.2. The van der Waals surface area contributed by atoms with Gasteiger partial charge in [-0.3, -0.25) is 67.5 Å². The number of amides is 11. The van der Waals surface area contributed by atoms with Crippen LogP contribution in [0, 0.1) is 11.8 Å². The quantitative estimate of drug-likeness (QED) is 0.0117. The minimum Gasteiger partial charge on any atom is -0.481 e. The summed E-state index contributed by atoms with van der Waals surface area (Å²) in [4.78, 5) is 184. The molecule has 0 saturated carbocycles. The Hall–Kier alpha value is -7.03. The molecule has 0 aromatic rings. The maximum atomic E-state index is 14.3. The van der Waals surface area contributed by atoms with Crippen LogP contribution in [0.5, 0.6) is 0 Å². The third-order valence-electron chi connectivity index (χ3n) is 13.9. The number of aliphatic hydroxyl groups excluding tert-OH is 1. The van der Waals surface area contributed by atoms with E-state index in [9.17, 15) is 77.6 Å². The number of aliphatic carboxylic acids is 2. The molecule has 1 fully saturated rings. The number of nitrogens with one attached hydrogen (secondary N) is 10. The van der Waals surface area contributed by atoms with E-state index in [0.29, 0.717) is 18.6 Å². The first kappa shape index (κ1) is 83.0. The summed E-state index contributed by atoms with van der Waals surface area (Å²) in [7, 11) is 0. The topological polar surface area (TPSA) is 561 Å². The largest absolute Gasteiger partial charge is 0.481 e. The number of carboxylic acids is 2. The van der Waals surface area contributed by atoms with Gasteiger partial charge in [-0.25, -0.2) is 4.79 Å². The molecule has 0 spiro atoms. The average Bonchev–Trinajstić information content (AvgIpc) is 1.59. The van der Waals surface area contributed by atoms with Crippen molar-refractivity contribution in [3.63, 3.8) is 0 Å². The molecule has 1 aliphatic rings. The van der Waals surface area contributed by atoms with Gasteiger partial charge in [-0.15, -0.1) is 0 Å². The molecular weight excluding hydrogens is 1280 g/mol. The van der Waals surface area contributed by atoms with Crippen LogP contribution in [-0.2, 0) is 62.3 Å². The molecule has 11 amide bonds. The van der Waals surface area contributed by atoms with E-state index >= 15 is 0 Å². The van der Waals surface area contributed by atoms with Gasteiger partial charge in [0, 0.05) is 43.3 Å². The van der Waals surface area contributed by atoms with Crippen molar-refractivity contribution >= 4 is 138 Å². The monoisotopic (exact) mass is 1380 g/mol. The van der Waals surface area contributed by atoms with E-state index in [-0.39, 0.29) is 99.8 Å². The van der Waals surface area contributed by atoms with Crippen LogP contribution in [0.15, 0.2) is 9.98 Å². The molecule has 38 heteroatoms. The molecule has 0 aliphatic carbocycles. The number of likely N-dealkylation sites (tertiary alicyclic amines) is 1. The smallest absolute Gasteiger partial charge is 0.327 e. The van der Waals surface area contributed by atoms with Crippen molar-refractivity contribution in [1.82, 2.24) is 58.1 Å². The fourth-order valence-corrected chi connectivity index (χ4v) is 10.1. The maximum Gasteiger partial charge on any atom is 0.327 e. The molecule has 0 unspecified atom stereocenters. The van der Waals surface area contributed by atoms with Crippen molar-refractivity contribution in [3.8, 4) is 0 Å². The number of hydrogen-bond acceptors (Lipinski definition) is 21. The molecule has 92 heavy (non-hydrogen) atoms. The third kappa shape index (κ3) is 31.1. The van der Waals surface area contributed by atoms with E-state index in [1.807, 2.05) is 0 Å². The number of hydrogen-bond donors (Lipinski definition) is 21. The Morgan fingerprint density at radius 3 is 1.30 bits per heavy atom. The van der Waals surface area contributed by atoms with Crippen LogP contribution < -0.4 is 81.8 Å². The van der Waals surface area contributed by atoms with Crippen molar-refractivity contribution in [2.45, 2.75) is 178 Å². The van der Waals surface area contributed by atoms with Crippen molar-refractivity contribution in [1.29, 1.82) is 0 Å². The molecule has 12 atom stereocenters. The van der Waals surface area contributed by atoms with E-state index in [1.54, 1.807) is 34.0 Å². The SMILES string of the molecule is CSCC[C@H](NC(=O)[C@H](CCCN=C(N)N)NC(=O)[C@H](CO)NC(=O)[C@H](CS)NC(=O)[C@H](CCC(=O)O)NC(=O)[C@H](CC(C)C)NC(=O)[C@H](CC(C)C)NC(=O)[C@H](CCCN=C(N)N)NC(=O)[C@H](C)NC(=O)[C@@H]1CCCN1C(=O)[C@@H](N)CS)C(=O)N[C@@H](CS)C(=O)O. The van der Waals surface area contributed by atoms with E-state index in [1.165, 1.54) is 23.6 Å². The van der Waals surface area contributed by atoms with E-state index in [0.717, 1.165) is 0 Å². The minimum atomic E-state index is -1.81. The van der Waals surface area contributed by atoms with Gasteiger partial charge in [-0.1, -0.05) is 27.7 Å². The highest BCUT2D eigenvalue weighted by atomic mass is 32.2. The summed E-state index contributed by atoms with van der Waals surface area (Å²) >= 11 is 13.5. The maximum absolute atomic E-state index is 14.3. The number of nitrogens with zero attached hydrogens (tertiary/aromatic N) is 3. The highest BCUT2D eigenvalue weighted by Gasteiger charge is 2.39. The number of nitrogens with two attached hydrogens (primary N) is 5. The lowest BCUT2D eigenvalue weighted by Crippen LogP contribution is -2.61. The fourth-order valence-electron chi connectivity index (χ4n) is 9.01. The zero-order chi connectivity index (χ0) is 69.9. The Balaban J connectivity index is 3.47. The molecule has 34 nitrogen and oxygen atoms in total. The molecule has 0 bridgehead atoms. The molecule has 23 N–H and O–H groups in total. The Kier molecular flexibility index (Phi) is 39.4. The number of guanidine groups is 2. The number of aliphatic imine (C=N–C) groups is 2. The van der Waals surface area contributed by atoms with Crippen molar-refractivity contribution < 1.29 is 77.6 Å². The van der Waals surface area contributed by atoms with Gasteiger partial charge in [0.05, 0.1) is 12.6 Å². The number of aliphatic hydroxyl groups is 1. The van der Waals surface area contributed by atoms with Gasteiger partial charge in [-0.2, -0.15) is 49.6 Å². The number of carbonyl (C=O) groups is 13. The Labute approximate surface area is 555 Å². The van der Waals surface area contributed by atoms with Crippen LogP contribution in [0.1, 0.15) is 105 Å². The van der Waals surface area contributed by atoms with Crippen molar-refractivity contribution in [3.05, 3.63) is 0 Å². The molecule has 1 saturated heterocycles. The third-order valence-corrected chi connectivity index (χ3v) is 15.7. The van der Waals surface area contributed by atoms with Crippen LogP contribution in [-0.4, -0.2) is 237 Å². The molecular formula is C54H96N18O16S4. The normalized spacial score (nSPS) is 16.4. The van der Waals surface area contributed by atoms with Gasteiger partial charge >= 0.3 is 11.9 Å². The number of carboxylic acid groups (broad SMARTS) is 2. The van der Waals surface area contributed by atoms with Crippen LogP contribution in [0.3, 0.4) is 0 Å². The molecule has 1 heterocycles. The lowest BCUT2D eigenvalue weighted by molar-refractivity contribution is -0.141. The molecule has 0 radical (unpaired) electrons. The summed E-state index contributed by atoms with van der Waals surface area (Å²) in [6, 6.07) is -16.6. The second-order valence-electron chi connectivity index (χ2n) is 22.5. The molecule has 0 aromatic carbocycles. The Morgan fingerprint density at radius 1 is 0.522 bits per heavy atom. The zero-order valence-electron chi connectivity index (χ0n) is 52.6. The number of thioether (sulfide) groups is 1. The summed E-state index contributed by atoms with van der Waals surface area (Å²) in [6.45, 7) is 7.49. The molecule has 0 aromatic heterocycles. The number of carbonyl (C=O) groups excluding carboxylic acids is 11. The fraction of sp³-hybridized carbons (Fsp3) is 0.722. The molecule has 1 aliphatic heterocycles. The van der Waals surface area contributed by atoms with Gasteiger partial charge in [0.1, 0.15) is 66.5 Å². The highest BCUT2D eigenvalue weighted by Crippen LogP contribution is 2.19. The summed E-state index contributed by atoms with van der Waals surface area (Å²) in [5, 5.41) is 54.3. The van der Waals surface area contributed by atoms with Gasteiger partial charge in [0.25, 0.3) is 0 Å². The minimum absolute atomic E-state index is 0.0114. The van der Waals surface area contributed by atoms with Crippen molar-refractivity contribution in [2.24, 2.45) is 50.5 Å². The van der Waals surface area contributed by atoms with Crippen LogP contribution in [0.2, 0.25) is 0 Å². The second-order valence-corrected chi connectivity index (χ2v) is 24.6. The lowest BCUT2D eigenvalue weighted by atomic mass is 9.99. The average molecular weight is 1380 g/mol. The molecule has 522 valence electrons. The Bertz CT molecular complexity index is 2570.